The minimum Gasteiger partial charge on any atom is -0.283 e. The molecule has 2 fully saturated rings. The van der Waals surface area contributed by atoms with Gasteiger partial charge in [-0.25, -0.2) is 5.06 Å². The maximum atomic E-state index is 12.6. The fraction of sp³-hybridized carbons (Fsp3) is 0.263. The van der Waals surface area contributed by atoms with E-state index in [1.54, 1.807) is 5.06 Å². The SMILES string of the molecule is Cc1ccc([C@H]2[C@H]3C(=O)N(C)C(=O)[C@@H]3ON2c2ccccc2)cc1. The lowest BCUT2D eigenvalue weighted by Crippen LogP contribution is -2.34. The van der Waals surface area contributed by atoms with E-state index in [4.69, 9.17) is 4.84 Å². The molecule has 0 spiro atoms. The lowest BCUT2D eigenvalue weighted by molar-refractivity contribution is -0.141. The van der Waals surface area contributed by atoms with Gasteiger partial charge in [-0.05, 0) is 24.6 Å². The van der Waals surface area contributed by atoms with E-state index in [1.807, 2.05) is 61.5 Å². The Hall–Kier alpha value is -2.66. The Morgan fingerprint density at radius 3 is 2.25 bits per heavy atom. The van der Waals surface area contributed by atoms with Gasteiger partial charge in [-0.15, -0.1) is 0 Å². The molecule has 0 radical (unpaired) electrons. The number of para-hydroxylation sites is 1. The van der Waals surface area contributed by atoms with Crippen molar-refractivity contribution in [2.75, 3.05) is 12.1 Å². The van der Waals surface area contributed by atoms with Crippen LogP contribution in [-0.4, -0.2) is 29.9 Å². The zero-order valence-electron chi connectivity index (χ0n) is 13.5. The number of amides is 2. The molecular weight excluding hydrogens is 304 g/mol. The van der Waals surface area contributed by atoms with E-state index in [1.165, 1.54) is 11.9 Å². The van der Waals surface area contributed by atoms with Gasteiger partial charge >= 0.3 is 0 Å². The van der Waals surface area contributed by atoms with Crippen LogP contribution < -0.4 is 5.06 Å². The maximum Gasteiger partial charge on any atom is 0.261 e. The zero-order chi connectivity index (χ0) is 16.8. The Balaban J connectivity index is 1.81. The first-order chi connectivity index (χ1) is 11.6. The van der Waals surface area contributed by atoms with E-state index < -0.39 is 12.0 Å². The van der Waals surface area contributed by atoms with Gasteiger partial charge in [0.1, 0.15) is 5.92 Å². The number of rotatable bonds is 2. The van der Waals surface area contributed by atoms with Crippen LogP contribution in [0.4, 0.5) is 5.69 Å². The molecule has 2 aromatic rings. The Bertz CT molecular complexity index is 788. The van der Waals surface area contributed by atoms with Gasteiger partial charge in [-0.3, -0.25) is 19.3 Å². The Morgan fingerprint density at radius 2 is 1.58 bits per heavy atom. The fourth-order valence-corrected chi connectivity index (χ4v) is 3.45. The van der Waals surface area contributed by atoms with Crippen molar-refractivity contribution >= 4 is 17.5 Å². The summed E-state index contributed by atoms with van der Waals surface area (Å²) in [5.74, 6) is -0.986. The second-order valence-corrected chi connectivity index (χ2v) is 6.30. The van der Waals surface area contributed by atoms with Gasteiger partial charge in [0.25, 0.3) is 5.91 Å². The molecule has 122 valence electrons. The Labute approximate surface area is 140 Å². The van der Waals surface area contributed by atoms with Crippen LogP contribution in [0.2, 0.25) is 0 Å². The maximum absolute atomic E-state index is 12.6. The lowest BCUT2D eigenvalue weighted by atomic mass is 9.90. The van der Waals surface area contributed by atoms with Crippen molar-refractivity contribution in [2.45, 2.75) is 19.1 Å². The molecule has 5 heteroatoms. The Morgan fingerprint density at radius 1 is 0.917 bits per heavy atom. The number of anilines is 1. The molecule has 24 heavy (non-hydrogen) atoms. The summed E-state index contributed by atoms with van der Waals surface area (Å²) in [6, 6.07) is 17.3. The van der Waals surface area contributed by atoms with Gasteiger partial charge in [-0.2, -0.15) is 0 Å². The van der Waals surface area contributed by atoms with Crippen molar-refractivity contribution in [1.82, 2.24) is 4.90 Å². The summed E-state index contributed by atoms with van der Waals surface area (Å²) in [5, 5.41) is 1.71. The molecule has 0 aromatic heterocycles. The van der Waals surface area contributed by atoms with Crippen molar-refractivity contribution in [3.8, 4) is 0 Å². The van der Waals surface area contributed by atoms with Crippen LogP contribution in [0.25, 0.3) is 0 Å². The van der Waals surface area contributed by atoms with Gasteiger partial charge in [0.05, 0.1) is 11.7 Å². The lowest BCUT2D eigenvalue weighted by Gasteiger charge is -2.28. The topological polar surface area (TPSA) is 49.9 Å². The van der Waals surface area contributed by atoms with Gasteiger partial charge in [0.15, 0.2) is 6.10 Å². The van der Waals surface area contributed by atoms with E-state index >= 15 is 0 Å². The number of hydrogen-bond donors (Lipinski definition) is 0. The number of aryl methyl sites for hydroxylation is 1. The second-order valence-electron chi connectivity index (χ2n) is 6.30. The van der Waals surface area contributed by atoms with Crippen molar-refractivity contribution in [2.24, 2.45) is 5.92 Å². The largest absolute Gasteiger partial charge is 0.283 e. The number of nitrogens with zero attached hydrogens (tertiary/aromatic N) is 2. The monoisotopic (exact) mass is 322 g/mol. The minimum absolute atomic E-state index is 0.186. The van der Waals surface area contributed by atoms with Gasteiger partial charge in [0.2, 0.25) is 5.91 Å². The second kappa shape index (κ2) is 5.46. The fourth-order valence-electron chi connectivity index (χ4n) is 3.45. The number of fused-ring (bicyclic) bond motifs is 1. The van der Waals surface area contributed by atoms with E-state index in [-0.39, 0.29) is 17.9 Å². The number of imide groups is 1. The minimum atomic E-state index is -0.756. The molecule has 3 atom stereocenters. The first kappa shape index (κ1) is 14.9. The average Bonchev–Trinajstić information content (AvgIpc) is 3.09. The van der Waals surface area contributed by atoms with E-state index in [9.17, 15) is 9.59 Å². The van der Waals surface area contributed by atoms with Crippen molar-refractivity contribution in [3.63, 3.8) is 0 Å². The van der Waals surface area contributed by atoms with Crippen LogP contribution in [0.5, 0.6) is 0 Å². The summed E-state index contributed by atoms with van der Waals surface area (Å²) in [4.78, 5) is 32.1. The van der Waals surface area contributed by atoms with Crippen molar-refractivity contribution in [1.29, 1.82) is 0 Å². The van der Waals surface area contributed by atoms with Gasteiger partial charge < -0.3 is 0 Å². The summed E-state index contributed by atoms with van der Waals surface area (Å²) >= 11 is 0. The number of hydrogen-bond acceptors (Lipinski definition) is 4. The van der Waals surface area contributed by atoms with Crippen molar-refractivity contribution < 1.29 is 14.4 Å². The van der Waals surface area contributed by atoms with Crippen LogP contribution in [-0.2, 0) is 14.4 Å². The summed E-state index contributed by atoms with van der Waals surface area (Å²) in [6.45, 7) is 2.02. The summed E-state index contributed by atoms with van der Waals surface area (Å²) in [6.07, 6.45) is -0.756. The van der Waals surface area contributed by atoms with E-state index in [2.05, 4.69) is 0 Å². The van der Waals surface area contributed by atoms with Crippen LogP contribution in [0.1, 0.15) is 17.2 Å². The molecule has 2 saturated heterocycles. The zero-order valence-corrected chi connectivity index (χ0v) is 13.5. The predicted molar refractivity (Wildman–Crippen MR) is 89.0 cm³/mol. The molecule has 0 saturated carbocycles. The van der Waals surface area contributed by atoms with Crippen LogP contribution >= 0.6 is 0 Å². The van der Waals surface area contributed by atoms with Crippen LogP contribution in [0, 0.1) is 12.8 Å². The molecule has 0 bridgehead atoms. The van der Waals surface area contributed by atoms with E-state index in [0.29, 0.717) is 0 Å². The van der Waals surface area contributed by atoms with Crippen LogP contribution in [0.3, 0.4) is 0 Å². The standard InChI is InChI=1S/C19H18N2O3/c1-12-8-10-13(11-9-12)16-15-17(19(23)20(2)18(15)22)24-21(16)14-6-4-3-5-7-14/h3-11,15-17H,1-2H3/t15-,16+,17-/m1/s1. The molecular formula is C19H18N2O3. The molecule has 2 aliphatic rings. The first-order valence-electron chi connectivity index (χ1n) is 7.97. The summed E-state index contributed by atoms with van der Waals surface area (Å²) in [5.41, 5.74) is 2.94. The van der Waals surface area contributed by atoms with Crippen LogP contribution in [0.15, 0.2) is 54.6 Å². The van der Waals surface area contributed by atoms with Gasteiger partial charge in [0, 0.05) is 7.05 Å². The van der Waals surface area contributed by atoms with Gasteiger partial charge in [-0.1, -0.05) is 48.0 Å². The molecule has 2 aromatic carbocycles. The smallest absolute Gasteiger partial charge is 0.261 e. The third-order valence-electron chi connectivity index (χ3n) is 4.77. The summed E-state index contributed by atoms with van der Waals surface area (Å²) in [7, 11) is 1.52. The van der Waals surface area contributed by atoms with Crippen molar-refractivity contribution in [3.05, 3.63) is 65.7 Å². The molecule has 0 N–H and O–H groups in total. The molecule has 2 heterocycles. The molecule has 0 unspecified atom stereocenters. The molecule has 5 nitrogen and oxygen atoms in total. The highest BCUT2D eigenvalue weighted by Gasteiger charge is 2.58. The molecule has 2 amide bonds. The normalized spacial score (nSPS) is 26.2. The Kier molecular flexibility index (Phi) is 3.39. The third-order valence-corrected chi connectivity index (χ3v) is 4.77. The molecule has 0 aliphatic carbocycles. The molecule has 2 aliphatic heterocycles. The number of likely N-dealkylation sites (N-methyl/N-ethyl adjacent to an activating group) is 1. The highest BCUT2D eigenvalue weighted by molar-refractivity contribution is 6.07. The number of hydroxylamine groups is 1. The number of carbonyl (C=O) groups is 2. The summed E-state index contributed by atoms with van der Waals surface area (Å²) < 4.78 is 0. The highest BCUT2D eigenvalue weighted by Crippen LogP contribution is 2.46. The van der Waals surface area contributed by atoms with E-state index in [0.717, 1.165) is 16.8 Å². The average molecular weight is 322 g/mol. The number of carbonyl (C=O) groups excluding carboxylic acids is 2. The highest BCUT2D eigenvalue weighted by atomic mass is 16.7. The quantitative estimate of drug-likeness (QED) is 0.797. The number of benzene rings is 2. The predicted octanol–water partition coefficient (Wildman–Crippen LogP) is 2.47. The third kappa shape index (κ3) is 2.12. The molecule has 4 rings (SSSR count). The number of likely N-dealkylation sites (tertiary alicyclic amines) is 1. The first-order valence-corrected chi connectivity index (χ1v) is 7.97.